The van der Waals surface area contributed by atoms with Crippen molar-refractivity contribution in [2.75, 3.05) is 26.4 Å². The number of ether oxygens (including phenoxy) is 2. The minimum atomic E-state index is -4.32. The van der Waals surface area contributed by atoms with Crippen molar-refractivity contribution in [1.29, 1.82) is 0 Å². The van der Waals surface area contributed by atoms with Gasteiger partial charge in [0.1, 0.15) is 6.61 Å². The zero-order chi connectivity index (χ0) is 22.7. The van der Waals surface area contributed by atoms with Gasteiger partial charge < -0.3 is 20.1 Å². The second kappa shape index (κ2) is 18.5. The molecule has 0 spiro atoms. The van der Waals surface area contributed by atoms with Crippen LogP contribution in [0.25, 0.3) is 0 Å². The van der Waals surface area contributed by atoms with E-state index in [1.807, 2.05) is 0 Å². The molecule has 0 amide bonds. The number of rotatable bonds is 19. The van der Waals surface area contributed by atoms with Crippen LogP contribution < -0.4 is 5.73 Å². The summed E-state index contributed by atoms with van der Waals surface area (Å²) in [5, 5.41) is 0. The molecule has 0 rings (SSSR count). The molecule has 2 unspecified atom stereocenters. The lowest BCUT2D eigenvalue weighted by molar-refractivity contribution is -0.160. The van der Waals surface area contributed by atoms with Crippen LogP contribution in [0.15, 0.2) is 12.2 Å². The standard InChI is InChI=1S/C20H38NO8P/c1-3-4-5-6-7-8-9-10-11-12-13-20(23)29-19(16-26-18(2)22)17-28-30(24,25)27-15-14-21/h5-6,19H,3-4,7-17,21H2,1-2H3,(H,24,25)/b6-5-. The van der Waals surface area contributed by atoms with E-state index in [1.54, 1.807) is 0 Å². The molecule has 0 fully saturated rings. The van der Waals surface area contributed by atoms with Crippen molar-refractivity contribution in [3.8, 4) is 0 Å². The summed E-state index contributed by atoms with van der Waals surface area (Å²) in [4.78, 5) is 32.5. The summed E-state index contributed by atoms with van der Waals surface area (Å²) in [5.41, 5.74) is 5.21. The van der Waals surface area contributed by atoms with Gasteiger partial charge in [-0.25, -0.2) is 4.57 Å². The van der Waals surface area contributed by atoms with Crippen LogP contribution in [0.5, 0.6) is 0 Å². The van der Waals surface area contributed by atoms with Gasteiger partial charge in [-0.3, -0.25) is 18.6 Å². The lowest BCUT2D eigenvalue weighted by Crippen LogP contribution is -2.29. The largest absolute Gasteiger partial charge is 0.472 e. The highest BCUT2D eigenvalue weighted by Gasteiger charge is 2.25. The fourth-order valence-electron chi connectivity index (χ4n) is 2.42. The van der Waals surface area contributed by atoms with Crippen LogP contribution in [-0.2, 0) is 32.7 Å². The third-order valence-corrected chi connectivity index (χ3v) is 4.92. The number of phosphoric acid groups is 1. The zero-order valence-electron chi connectivity index (χ0n) is 18.3. The van der Waals surface area contributed by atoms with Gasteiger partial charge in [-0.2, -0.15) is 0 Å². The third-order valence-electron chi connectivity index (χ3n) is 3.94. The molecule has 0 aliphatic rings. The molecule has 9 nitrogen and oxygen atoms in total. The number of hydrogen-bond acceptors (Lipinski definition) is 8. The van der Waals surface area contributed by atoms with Gasteiger partial charge in [-0.15, -0.1) is 0 Å². The first kappa shape index (κ1) is 28.8. The van der Waals surface area contributed by atoms with Gasteiger partial charge in [0.05, 0.1) is 13.2 Å². The summed E-state index contributed by atoms with van der Waals surface area (Å²) in [6.07, 6.45) is 11.9. The normalized spacial score (nSPS) is 14.4. The summed E-state index contributed by atoms with van der Waals surface area (Å²) in [6, 6.07) is 0. The molecule has 0 aromatic rings. The Morgan fingerprint density at radius 3 is 2.37 bits per heavy atom. The summed E-state index contributed by atoms with van der Waals surface area (Å²) < 4.78 is 31.1. The van der Waals surface area contributed by atoms with Crippen LogP contribution in [0, 0.1) is 0 Å². The topological polar surface area (TPSA) is 134 Å². The predicted molar refractivity (Wildman–Crippen MR) is 114 cm³/mol. The van der Waals surface area contributed by atoms with Gasteiger partial charge in [-0.1, -0.05) is 44.8 Å². The minimum Gasteiger partial charge on any atom is -0.462 e. The van der Waals surface area contributed by atoms with E-state index in [2.05, 4.69) is 23.6 Å². The number of unbranched alkanes of at least 4 members (excludes halogenated alkanes) is 6. The Hall–Kier alpha value is -1.25. The summed E-state index contributed by atoms with van der Waals surface area (Å²) in [5.74, 6) is -1.04. The monoisotopic (exact) mass is 451 g/mol. The van der Waals surface area contributed by atoms with Crippen molar-refractivity contribution >= 4 is 19.8 Å². The Balaban J connectivity index is 4.13. The van der Waals surface area contributed by atoms with E-state index < -0.39 is 32.5 Å². The Labute approximate surface area is 179 Å². The second-order valence-electron chi connectivity index (χ2n) is 6.87. The van der Waals surface area contributed by atoms with Crippen LogP contribution in [0.2, 0.25) is 0 Å². The number of allylic oxidation sites excluding steroid dienone is 2. The molecule has 0 aliphatic carbocycles. The average Bonchev–Trinajstić information content (AvgIpc) is 2.70. The lowest BCUT2D eigenvalue weighted by Gasteiger charge is -2.19. The van der Waals surface area contributed by atoms with Crippen molar-refractivity contribution in [1.82, 2.24) is 0 Å². The maximum absolute atomic E-state index is 12.0. The molecule has 0 saturated heterocycles. The molecule has 3 N–H and O–H groups in total. The average molecular weight is 451 g/mol. The van der Waals surface area contributed by atoms with E-state index in [-0.39, 0.29) is 26.2 Å². The Morgan fingerprint density at radius 2 is 1.70 bits per heavy atom. The molecule has 0 aliphatic heterocycles. The number of nitrogens with two attached hydrogens (primary N) is 1. The van der Waals surface area contributed by atoms with Crippen molar-refractivity contribution < 1.29 is 37.6 Å². The number of phosphoric ester groups is 1. The first-order valence-electron chi connectivity index (χ1n) is 10.6. The Morgan fingerprint density at radius 1 is 1.03 bits per heavy atom. The van der Waals surface area contributed by atoms with E-state index >= 15 is 0 Å². The molecular formula is C20H38NO8P. The fourth-order valence-corrected chi connectivity index (χ4v) is 3.18. The van der Waals surface area contributed by atoms with Gasteiger partial charge >= 0.3 is 19.8 Å². The highest BCUT2D eigenvalue weighted by Crippen LogP contribution is 2.43. The van der Waals surface area contributed by atoms with E-state index in [9.17, 15) is 19.0 Å². The summed E-state index contributed by atoms with van der Waals surface area (Å²) in [6.45, 7) is 2.55. The van der Waals surface area contributed by atoms with Crippen LogP contribution in [0.4, 0.5) is 0 Å². The quantitative estimate of drug-likeness (QED) is 0.131. The molecule has 0 bridgehead atoms. The predicted octanol–water partition coefficient (Wildman–Crippen LogP) is 3.64. The summed E-state index contributed by atoms with van der Waals surface area (Å²) in [7, 11) is -4.32. The van der Waals surface area contributed by atoms with E-state index in [4.69, 9.17) is 19.7 Å². The molecule has 176 valence electrons. The van der Waals surface area contributed by atoms with Gasteiger partial charge in [-0.05, 0) is 25.7 Å². The smallest absolute Gasteiger partial charge is 0.462 e. The van der Waals surface area contributed by atoms with E-state index in [0.717, 1.165) is 38.5 Å². The van der Waals surface area contributed by atoms with Gasteiger partial charge in [0.2, 0.25) is 0 Å². The molecule has 0 aromatic carbocycles. The number of carbonyl (C=O) groups is 2. The first-order valence-corrected chi connectivity index (χ1v) is 12.1. The second-order valence-corrected chi connectivity index (χ2v) is 8.32. The third kappa shape index (κ3) is 18.8. The van der Waals surface area contributed by atoms with Crippen molar-refractivity contribution in [2.45, 2.75) is 77.7 Å². The molecule has 10 heteroatoms. The molecule has 30 heavy (non-hydrogen) atoms. The van der Waals surface area contributed by atoms with Crippen LogP contribution in [-0.4, -0.2) is 49.3 Å². The fraction of sp³-hybridized carbons (Fsp3) is 0.800. The van der Waals surface area contributed by atoms with Crippen LogP contribution >= 0.6 is 7.82 Å². The van der Waals surface area contributed by atoms with E-state index in [0.29, 0.717) is 6.42 Å². The maximum atomic E-state index is 12.0. The Bertz CT molecular complexity index is 541. The van der Waals surface area contributed by atoms with E-state index in [1.165, 1.54) is 13.3 Å². The highest BCUT2D eigenvalue weighted by molar-refractivity contribution is 7.47. The Kier molecular flexibility index (Phi) is 17.7. The minimum absolute atomic E-state index is 0.0509. The molecule has 0 radical (unpaired) electrons. The van der Waals surface area contributed by atoms with Crippen LogP contribution in [0.3, 0.4) is 0 Å². The number of hydrogen-bond donors (Lipinski definition) is 2. The zero-order valence-corrected chi connectivity index (χ0v) is 19.1. The molecule has 0 aromatic heterocycles. The van der Waals surface area contributed by atoms with Gasteiger partial charge in [0.25, 0.3) is 0 Å². The molecule has 2 atom stereocenters. The lowest BCUT2D eigenvalue weighted by atomic mass is 10.1. The maximum Gasteiger partial charge on any atom is 0.472 e. The molecule has 0 heterocycles. The van der Waals surface area contributed by atoms with Crippen LogP contribution in [0.1, 0.15) is 71.6 Å². The SMILES string of the molecule is CCC/C=C\CCCCCCCC(=O)OC(COC(C)=O)COP(=O)(O)OCCN. The number of esters is 2. The van der Waals surface area contributed by atoms with Gasteiger partial charge in [0.15, 0.2) is 6.10 Å². The van der Waals surface area contributed by atoms with Crippen molar-refractivity contribution in [3.63, 3.8) is 0 Å². The first-order chi connectivity index (χ1) is 14.3. The van der Waals surface area contributed by atoms with Gasteiger partial charge in [0, 0.05) is 19.9 Å². The molecular weight excluding hydrogens is 413 g/mol. The number of carbonyl (C=O) groups excluding carboxylic acids is 2. The summed E-state index contributed by atoms with van der Waals surface area (Å²) >= 11 is 0. The highest BCUT2D eigenvalue weighted by atomic mass is 31.2. The molecule has 0 saturated carbocycles. The van der Waals surface area contributed by atoms with Crippen molar-refractivity contribution in [2.24, 2.45) is 5.73 Å². The van der Waals surface area contributed by atoms with Crippen molar-refractivity contribution in [3.05, 3.63) is 12.2 Å².